The van der Waals surface area contributed by atoms with Gasteiger partial charge in [0.05, 0.1) is 12.6 Å². The van der Waals surface area contributed by atoms with Crippen LogP contribution in [-0.2, 0) is 4.74 Å². The van der Waals surface area contributed by atoms with Gasteiger partial charge in [-0.15, -0.1) is 0 Å². The molecule has 0 aromatic rings. The van der Waals surface area contributed by atoms with Crippen molar-refractivity contribution >= 4 is 16.9 Å². The zero-order valence-electron chi connectivity index (χ0n) is 6.84. The highest BCUT2D eigenvalue weighted by molar-refractivity contribution is 8.15. The van der Waals surface area contributed by atoms with Gasteiger partial charge in [-0.25, -0.2) is 0 Å². The molecule has 2 heterocycles. The van der Waals surface area contributed by atoms with E-state index in [1.165, 1.54) is 0 Å². The largest absolute Gasteiger partial charge is 0.355 e. The SMILES string of the molecule is CN=C1NC2CCCOC2(F)S1. The highest BCUT2D eigenvalue weighted by Gasteiger charge is 2.50. The first-order valence-corrected chi connectivity index (χ1v) is 4.81. The van der Waals surface area contributed by atoms with Gasteiger partial charge in [0.2, 0.25) is 0 Å². The number of alkyl halides is 1. The van der Waals surface area contributed by atoms with Crippen LogP contribution in [0.25, 0.3) is 0 Å². The Morgan fingerprint density at radius 1 is 1.83 bits per heavy atom. The van der Waals surface area contributed by atoms with Crippen LogP contribution in [-0.4, -0.2) is 30.1 Å². The summed E-state index contributed by atoms with van der Waals surface area (Å²) in [6, 6.07) is -0.213. The highest BCUT2D eigenvalue weighted by atomic mass is 32.2. The molecule has 0 aromatic heterocycles. The minimum atomic E-state index is -1.56. The number of rotatable bonds is 0. The zero-order valence-corrected chi connectivity index (χ0v) is 7.66. The molecule has 1 N–H and O–H groups in total. The lowest BCUT2D eigenvalue weighted by Gasteiger charge is -2.29. The summed E-state index contributed by atoms with van der Waals surface area (Å²) in [6.07, 6.45) is 1.74. The van der Waals surface area contributed by atoms with Crippen LogP contribution < -0.4 is 5.32 Å². The summed E-state index contributed by atoms with van der Waals surface area (Å²) in [5, 5.41) is 2.08. The van der Waals surface area contributed by atoms with E-state index in [4.69, 9.17) is 4.74 Å². The molecular formula is C7H11FN2OS. The van der Waals surface area contributed by atoms with E-state index in [0.29, 0.717) is 11.8 Å². The summed E-state index contributed by atoms with van der Waals surface area (Å²) < 4.78 is 18.9. The molecule has 2 fully saturated rings. The van der Waals surface area contributed by atoms with Crippen molar-refractivity contribution in [1.29, 1.82) is 0 Å². The summed E-state index contributed by atoms with van der Waals surface area (Å²) in [5.74, 6) is 0. The molecule has 68 valence electrons. The van der Waals surface area contributed by atoms with E-state index in [2.05, 4.69) is 10.3 Å². The molecular weight excluding hydrogens is 179 g/mol. The Morgan fingerprint density at radius 2 is 2.67 bits per heavy atom. The number of fused-ring (bicyclic) bond motifs is 1. The van der Waals surface area contributed by atoms with Crippen LogP contribution in [0.3, 0.4) is 0 Å². The molecule has 3 nitrogen and oxygen atoms in total. The maximum absolute atomic E-state index is 13.8. The molecule has 2 saturated heterocycles. The summed E-state index contributed by atoms with van der Waals surface area (Å²) in [4.78, 5) is 3.91. The van der Waals surface area contributed by atoms with Gasteiger partial charge in [0.1, 0.15) is 0 Å². The van der Waals surface area contributed by atoms with Crippen LogP contribution >= 0.6 is 11.8 Å². The Balaban J connectivity index is 2.16. The van der Waals surface area contributed by atoms with Crippen LogP contribution in [0.15, 0.2) is 4.99 Å². The third-order valence-electron chi connectivity index (χ3n) is 2.09. The van der Waals surface area contributed by atoms with E-state index in [9.17, 15) is 4.39 Å². The first kappa shape index (κ1) is 8.31. The third kappa shape index (κ3) is 1.21. The molecule has 2 rings (SSSR count). The molecule has 5 heteroatoms. The van der Waals surface area contributed by atoms with Crippen molar-refractivity contribution in [3.8, 4) is 0 Å². The topological polar surface area (TPSA) is 33.6 Å². The fraction of sp³-hybridized carbons (Fsp3) is 0.857. The number of halogens is 1. The van der Waals surface area contributed by atoms with Gasteiger partial charge < -0.3 is 10.1 Å². The van der Waals surface area contributed by atoms with Crippen molar-refractivity contribution < 1.29 is 9.13 Å². The summed E-state index contributed by atoms with van der Waals surface area (Å²) in [7, 11) is 1.65. The molecule has 0 aliphatic carbocycles. The van der Waals surface area contributed by atoms with Crippen molar-refractivity contribution in [1.82, 2.24) is 5.32 Å². The van der Waals surface area contributed by atoms with Crippen molar-refractivity contribution in [3.05, 3.63) is 0 Å². The van der Waals surface area contributed by atoms with Crippen LogP contribution in [0, 0.1) is 0 Å². The second-order valence-electron chi connectivity index (χ2n) is 2.90. The molecule has 0 saturated carbocycles. The molecule has 2 aliphatic rings. The molecule has 0 radical (unpaired) electrons. The molecule has 0 spiro atoms. The lowest BCUT2D eigenvalue weighted by atomic mass is 10.1. The fourth-order valence-electron chi connectivity index (χ4n) is 1.45. The number of hydrogen-bond donors (Lipinski definition) is 1. The molecule has 2 atom stereocenters. The average Bonchev–Trinajstić information content (AvgIpc) is 2.41. The molecule has 0 amide bonds. The minimum Gasteiger partial charge on any atom is -0.355 e. The first-order valence-electron chi connectivity index (χ1n) is 4.00. The standard InChI is InChI=1S/C7H11FN2OS/c1-9-6-10-5-3-2-4-11-7(5,8)12-6/h5H,2-4H2,1H3,(H,9,10). The molecule has 2 aliphatic heterocycles. The zero-order chi connectivity index (χ0) is 8.60. The lowest BCUT2D eigenvalue weighted by molar-refractivity contribution is -0.111. The summed E-state index contributed by atoms with van der Waals surface area (Å²) >= 11 is 1.05. The Morgan fingerprint density at radius 3 is 3.33 bits per heavy atom. The molecule has 0 bridgehead atoms. The summed E-state index contributed by atoms with van der Waals surface area (Å²) in [6.45, 7) is 0.513. The van der Waals surface area contributed by atoms with Gasteiger partial charge >= 0.3 is 0 Å². The summed E-state index contributed by atoms with van der Waals surface area (Å²) in [5.41, 5.74) is 0. The van der Waals surface area contributed by atoms with Crippen LogP contribution in [0.4, 0.5) is 4.39 Å². The van der Waals surface area contributed by atoms with Gasteiger partial charge in [-0.2, -0.15) is 4.39 Å². The van der Waals surface area contributed by atoms with E-state index < -0.39 is 5.19 Å². The highest BCUT2D eigenvalue weighted by Crippen LogP contribution is 2.42. The Kier molecular flexibility index (Phi) is 2.00. The minimum absolute atomic E-state index is 0.213. The van der Waals surface area contributed by atoms with E-state index >= 15 is 0 Å². The molecule has 2 unspecified atom stereocenters. The number of nitrogens with zero attached hydrogens (tertiary/aromatic N) is 1. The predicted octanol–water partition coefficient (Wildman–Crippen LogP) is 1.11. The first-order chi connectivity index (χ1) is 5.74. The van der Waals surface area contributed by atoms with Gasteiger partial charge in [-0.05, 0) is 24.6 Å². The van der Waals surface area contributed by atoms with E-state index in [1.54, 1.807) is 7.05 Å². The van der Waals surface area contributed by atoms with Crippen molar-refractivity contribution in [2.24, 2.45) is 4.99 Å². The molecule has 12 heavy (non-hydrogen) atoms. The quantitative estimate of drug-likeness (QED) is 0.621. The van der Waals surface area contributed by atoms with Gasteiger partial charge in [-0.3, -0.25) is 4.99 Å². The van der Waals surface area contributed by atoms with Crippen LogP contribution in [0.1, 0.15) is 12.8 Å². The van der Waals surface area contributed by atoms with Gasteiger partial charge in [0, 0.05) is 7.05 Å². The number of nitrogens with one attached hydrogen (secondary N) is 1. The van der Waals surface area contributed by atoms with Gasteiger partial charge in [-0.1, -0.05) is 0 Å². The van der Waals surface area contributed by atoms with Crippen LogP contribution in [0.5, 0.6) is 0 Å². The van der Waals surface area contributed by atoms with Gasteiger partial charge in [0.25, 0.3) is 5.19 Å². The Hall–Kier alpha value is -0.290. The third-order valence-corrected chi connectivity index (χ3v) is 3.26. The average molecular weight is 190 g/mol. The van der Waals surface area contributed by atoms with Crippen molar-refractivity contribution in [2.45, 2.75) is 24.1 Å². The van der Waals surface area contributed by atoms with Crippen LogP contribution in [0.2, 0.25) is 0 Å². The molecule has 0 aromatic carbocycles. The van der Waals surface area contributed by atoms with E-state index in [0.717, 1.165) is 24.6 Å². The smallest absolute Gasteiger partial charge is 0.284 e. The van der Waals surface area contributed by atoms with Gasteiger partial charge in [0.15, 0.2) is 5.17 Å². The number of ether oxygens (including phenoxy) is 1. The fourth-order valence-corrected chi connectivity index (χ4v) is 2.47. The number of thioether (sulfide) groups is 1. The van der Waals surface area contributed by atoms with E-state index in [-0.39, 0.29) is 6.04 Å². The number of aliphatic imine (C=N–C) groups is 1. The predicted molar refractivity (Wildman–Crippen MR) is 46.9 cm³/mol. The van der Waals surface area contributed by atoms with Crippen molar-refractivity contribution in [2.75, 3.05) is 13.7 Å². The maximum atomic E-state index is 13.8. The number of amidine groups is 1. The lowest BCUT2D eigenvalue weighted by Crippen LogP contribution is -2.43. The maximum Gasteiger partial charge on any atom is 0.284 e. The number of hydrogen-bond acceptors (Lipinski definition) is 3. The van der Waals surface area contributed by atoms with E-state index in [1.807, 2.05) is 0 Å². The second kappa shape index (κ2) is 2.88. The Labute approximate surface area is 74.8 Å². The second-order valence-corrected chi connectivity index (χ2v) is 4.05. The Bertz CT molecular complexity index is 223. The normalized spacial score (nSPS) is 44.2. The van der Waals surface area contributed by atoms with Crippen molar-refractivity contribution in [3.63, 3.8) is 0 Å². The monoisotopic (exact) mass is 190 g/mol.